The van der Waals surface area contributed by atoms with Crippen molar-refractivity contribution in [2.24, 2.45) is 11.7 Å². The molecular formula is C12H18N2O4S. The highest BCUT2D eigenvalue weighted by Gasteiger charge is 2.21. The van der Waals surface area contributed by atoms with E-state index in [9.17, 15) is 13.2 Å². The van der Waals surface area contributed by atoms with Gasteiger partial charge in [-0.2, -0.15) is 0 Å². The number of rotatable bonds is 6. The molecule has 106 valence electrons. The lowest BCUT2D eigenvalue weighted by Gasteiger charge is -2.19. The van der Waals surface area contributed by atoms with Gasteiger partial charge in [0.25, 0.3) is 0 Å². The van der Waals surface area contributed by atoms with Gasteiger partial charge in [0.2, 0.25) is 15.9 Å². The molecule has 0 aromatic heterocycles. The zero-order valence-corrected chi connectivity index (χ0v) is 11.6. The minimum atomic E-state index is -3.72. The molecule has 0 aliphatic carbocycles. The summed E-state index contributed by atoms with van der Waals surface area (Å²) in [7, 11) is -3.72. The van der Waals surface area contributed by atoms with Crippen LogP contribution in [0.3, 0.4) is 0 Å². The monoisotopic (exact) mass is 286 g/mol. The summed E-state index contributed by atoms with van der Waals surface area (Å²) in [4.78, 5) is 10.9. The van der Waals surface area contributed by atoms with Crippen LogP contribution < -0.4 is 10.5 Å². The minimum absolute atomic E-state index is 0.0246. The molecule has 0 radical (unpaired) electrons. The van der Waals surface area contributed by atoms with Crippen LogP contribution in [0.15, 0.2) is 29.2 Å². The predicted octanol–water partition coefficient (Wildman–Crippen LogP) is 0.0807. The van der Waals surface area contributed by atoms with E-state index in [1.807, 2.05) is 0 Å². The number of aliphatic hydroxyl groups excluding tert-OH is 1. The molecule has 0 aliphatic heterocycles. The number of nitrogens with one attached hydrogen (secondary N) is 1. The molecule has 0 saturated carbocycles. The van der Waals surface area contributed by atoms with Gasteiger partial charge in [-0.1, -0.05) is 13.8 Å². The number of primary amides is 1. The van der Waals surface area contributed by atoms with Crippen molar-refractivity contribution >= 4 is 15.9 Å². The van der Waals surface area contributed by atoms with Gasteiger partial charge in [0, 0.05) is 11.6 Å². The lowest BCUT2D eigenvalue weighted by atomic mass is 10.1. The number of nitrogens with two attached hydrogens (primary N) is 1. The SMILES string of the molecule is CC(C)[C@@H](CO)NS(=O)(=O)c1ccc(C(N)=O)cc1. The average Bonchev–Trinajstić information content (AvgIpc) is 2.35. The Kier molecular flexibility index (Phi) is 5.04. The molecule has 1 amide bonds. The van der Waals surface area contributed by atoms with Crippen LogP contribution in [0, 0.1) is 5.92 Å². The lowest BCUT2D eigenvalue weighted by molar-refractivity contribution is 0.1000. The van der Waals surface area contributed by atoms with E-state index in [2.05, 4.69) is 4.72 Å². The molecule has 0 saturated heterocycles. The van der Waals surface area contributed by atoms with Crippen LogP contribution in [-0.4, -0.2) is 32.1 Å². The summed E-state index contributed by atoms with van der Waals surface area (Å²) in [5.74, 6) is -0.656. The highest BCUT2D eigenvalue weighted by molar-refractivity contribution is 7.89. The van der Waals surface area contributed by atoms with Crippen molar-refractivity contribution in [2.75, 3.05) is 6.61 Å². The standard InChI is InChI=1S/C12H18N2O4S/c1-8(2)11(7-15)14-19(17,18)10-5-3-9(4-6-10)12(13)16/h3-6,8,11,14-15H,7H2,1-2H3,(H2,13,16)/t11-/m1/s1. The smallest absolute Gasteiger partial charge is 0.248 e. The molecule has 0 unspecified atom stereocenters. The van der Waals surface area contributed by atoms with Gasteiger partial charge in [0.1, 0.15) is 0 Å². The number of hydrogen-bond acceptors (Lipinski definition) is 4. The fourth-order valence-electron chi connectivity index (χ4n) is 1.45. The minimum Gasteiger partial charge on any atom is -0.395 e. The maximum atomic E-state index is 12.0. The molecular weight excluding hydrogens is 268 g/mol. The van der Waals surface area contributed by atoms with Gasteiger partial charge in [-0.05, 0) is 30.2 Å². The van der Waals surface area contributed by atoms with Crippen LogP contribution in [0.4, 0.5) is 0 Å². The molecule has 4 N–H and O–H groups in total. The van der Waals surface area contributed by atoms with E-state index in [0.29, 0.717) is 0 Å². The first kappa shape index (κ1) is 15.6. The zero-order chi connectivity index (χ0) is 14.6. The molecule has 1 aromatic carbocycles. The first-order chi connectivity index (χ1) is 8.77. The van der Waals surface area contributed by atoms with E-state index >= 15 is 0 Å². The van der Waals surface area contributed by atoms with Crippen LogP contribution in [0.1, 0.15) is 24.2 Å². The van der Waals surface area contributed by atoms with Gasteiger partial charge < -0.3 is 10.8 Å². The molecule has 0 bridgehead atoms. The third-order valence-electron chi connectivity index (χ3n) is 2.76. The number of sulfonamides is 1. The molecule has 7 heteroatoms. The van der Waals surface area contributed by atoms with E-state index in [1.54, 1.807) is 13.8 Å². The molecule has 6 nitrogen and oxygen atoms in total. The Hall–Kier alpha value is -1.44. The molecule has 0 aliphatic rings. The van der Waals surface area contributed by atoms with E-state index in [4.69, 9.17) is 10.8 Å². The van der Waals surface area contributed by atoms with E-state index in [0.717, 1.165) is 0 Å². The third-order valence-corrected chi connectivity index (χ3v) is 4.26. The topological polar surface area (TPSA) is 109 Å². The number of amides is 1. The van der Waals surface area contributed by atoms with Gasteiger partial charge in [-0.3, -0.25) is 4.79 Å². The molecule has 1 aromatic rings. The van der Waals surface area contributed by atoms with Gasteiger partial charge in [-0.15, -0.1) is 0 Å². The number of hydrogen-bond donors (Lipinski definition) is 3. The molecule has 0 fully saturated rings. The van der Waals surface area contributed by atoms with Crippen LogP contribution in [0.5, 0.6) is 0 Å². The third kappa shape index (κ3) is 4.02. The van der Waals surface area contributed by atoms with Crippen LogP contribution in [0.2, 0.25) is 0 Å². The Labute approximate surface area is 112 Å². The summed E-state index contributed by atoms with van der Waals surface area (Å²) in [5, 5.41) is 9.14. The summed E-state index contributed by atoms with van der Waals surface area (Å²) in [6.07, 6.45) is 0. The summed E-state index contributed by atoms with van der Waals surface area (Å²) >= 11 is 0. The van der Waals surface area contributed by atoms with Crippen molar-refractivity contribution in [3.8, 4) is 0 Å². The fraction of sp³-hybridized carbons (Fsp3) is 0.417. The van der Waals surface area contributed by atoms with Gasteiger partial charge >= 0.3 is 0 Å². The maximum absolute atomic E-state index is 12.0. The maximum Gasteiger partial charge on any atom is 0.248 e. The highest BCUT2D eigenvalue weighted by Crippen LogP contribution is 2.12. The molecule has 0 heterocycles. The average molecular weight is 286 g/mol. The fourth-order valence-corrected chi connectivity index (χ4v) is 2.83. The second kappa shape index (κ2) is 6.14. The van der Waals surface area contributed by atoms with Crippen molar-refractivity contribution in [1.82, 2.24) is 4.72 Å². The van der Waals surface area contributed by atoms with Gasteiger partial charge in [0.15, 0.2) is 0 Å². The second-order valence-corrected chi connectivity index (χ2v) is 6.26. The Morgan fingerprint density at radius 1 is 1.32 bits per heavy atom. The van der Waals surface area contributed by atoms with Crippen molar-refractivity contribution < 1.29 is 18.3 Å². The first-order valence-corrected chi connectivity index (χ1v) is 7.29. The van der Waals surface area contributed by atoms with Gasteiger partial charge in [0.05, 0.1) is 11.5 Å². The lowest BCUT2D eigenvalue weighted by Crippen LogP contribution is -2.41. The predicted molar refractivity (Wildman–Crippen MR) is 71.0 cm³/mol. The largest absolute Gasteiger partial charge is 0.395 e. The van der Waals surface area contributed by atoms with E-state index in [1.165, 1.54) is 24.3 Å². The van der Waals surface area contributed by atoms with Crippen molar-refractivity contribution in [2.45, 2.75) is 24.8 Å². The van der Waals surface area contributed by atoms with E-state index in [-0.39, 0.29) is 23.0 Å². The first-order valence-electron chi connectivity index (χ1n) is 5.81. The van der Waals surface area contributed by atoms with Crippen molar-refractivity contribution in [3.63, 3.8) is 0 Å². The number of carbonyl (C=O) groups excluding carboxylic acids is 1. The summed E-state index contributed by atoms with van der Waals surface area (Å²) in [6.45, 7) is 3.33. The van der Waals surface area contributed by atoms with Crippen molar-refractivity contribution in [1.29, 1.82) is 0 Å². The summed E-state index contributed by atoms with van der Waals surface area (Å²) in [6, 6.07) is 4.75. The molecule has 1 rings (SSSR count). The summed E-state index contributed by atoms with van der Waals surface area (Å²) < 4.78 is 26.5. The quantitative estimate of drug-likeness (QED) is 0.688. The van der Waals surface area contributed by atoms with Crippen LogP contribution in [-0.2, 0) is 10.0 Å². The van der Waals surface area contributed by atoms with Crippen molar-refractivity contribution in [3.05, 3.63) is 29.8 Å². The number of aliphatic hydroxyl groups is 1. The second-order valence-electron chi connectivity index (χ2n) is 4.54. The van der Waals surface area contributed by atoms with Crippen LogP contribution in [0.25, 0.3) is 0 Å². The number of carbonyl (C=O) groups is 1. The highest BCUT2D eigenvalue weighted by atomic mass is 32.2. The Balaban J connectivity index is 2.97. The molecule has 19 heavy (non-hydrogen) atoms. The summed E-state index contributed by atoms with van der Waals surface area (Å²) in [5.41, 5.74) is 5.32. The normalized spacial score (nSPS) is 13.5. The Morgan fingerprint density at radius 2 is 1.84 bits per heavy atom. The number of benzene rings is 1. The molecule has 0 spiro atoms. The Morgan fingerprint density at radius 3 is 2.21 bits per heavy atom. The zero-order valence-electron chi connectivity index (χ0n) is 10.8. The molecule has 1 atom stereocenters. The van der Waals surface area contributed by atoms with E-state index < -0.39 is 22.0 Å². The Bertz CT molecular complexity index is 537. The van der Waals surface area contributed by atoms with Gasteiger partial charge in [-0.25, -0.2) is 13.1 Å². The van der Waals surface area contributed by atoms with Crippen LogP contribution >= 0.6 is 0 Å².